The van der Waals surface area contributed by atoms with E-state index in [1.807, 2.05) is 36.4 Å². The number of aromatic nitrogens is 1. The molecule has 0 bridgehead atoms. The summed E-state index contributed by atoms with van der Waals surface area (Å²) < 4.78 is 19.5. The Hall–Kier alpha value is -4.39. The number of rotatable bonds is 5. The van der Waals surface area contributed by atoms with Crippen LogP contribution >= 0.6 is 0 Å². The van der Waals surface area contributed by atoms with Crippen LogP contribution in [-0.2, 0) is 9.59 Å². The molecule has 1 amide bonds. The molecule has 4 aromatic rings. The number of methoxy groups -OCH3 is 1. The van der Waals surface area contributed by atoms with Crippen molar-refractivity contribution in [1.82, 2.24) is 4.98 Å². The molecule has 1 atom stereocenters. The van der Waals surface area contributed by atoms with E-state index >= 15 is 0 Å². The number of carbonyl (C=O) groups excluding carboxylic acids is 2. The lowest BCUT2D eigenvalue weighted by Gasteiger charge is -2.25. The van der Waals surface area contributed by atoms with Gasteiger partial charge in [0.2, 0.25) is 0 Å². The van der Waals surface area contributed by atoms with E-state index in [1.54, 1.807) is 18.3 Å². The maximum absolute atomic E-state index is 14.2. The highest BCUT2D eigenvalue weighted by molar-refractivity contribution is 6.52. The SMILES string of the molecule is COc1ccc(F)cc1/C(O)=C1\C(=O)C(=O)N(c2ccc(C(C)C)cc2)C1c1c[nH]c2ccccc12. The average molecular weight is 485 g/mol. The first-order valence-electron chi connectivity index (χ1n) is 11.6. The van der Waals surface area contributed by atoms with E-state index in [9.17, 15) is 19.1 Å². The molecule has 0 saturated carbocycles. The number of aliphatic hydroxyl groups excluding tert-OH is 1. The molecule has 2 N–H and O–H groups in total. The quantitative estimate of drug-likeness (QED) is 0.205. The minimum atomic E-state index is -0.945. The topological polar surface area (TPSA) is 82.6 Å². The number of hydrogen-bond donors (Lipinski definition) is 2. The van der Waals surface area contributed by atoms with Gasteiger partial charge in [0.05, 0.1) is 24.3 Å². The van der Waals surface area contributed by atoms with E-state index in [1.165, 1.54) is 24.1 Å². The molecular formula is C29H25FN2O4. The van der Waals surface area contributed by atoms with E-state index in [4.69, 9.17) is 4.74 Å². The molecule has 1 aliphatic heterocycles. The zero-order valence-corrected chi connectivity index (χ0v) is 20.1. The number of nitrogens with one attached hydrogen (secondary N) is 1. The summed E-state index contributed by atoms with van der Waals surface area (Å²) in [5, 5.41) is 12.2. The van der Waals surface area contributed by atoms with Crippen molar-refractivity contribution >= 4 is 34.0 Å². The van der Waals surface area contributed by atoms with Crippen LogP contribution in [0.1, 0.15) is 42.5 Å². The second-order valence-electron chi connectivity index (χ2n) is 9.05. The third kappa shape index (κ3) is 3.73. The largest absolute Gasteiger partial charge is 0.507 e. The second kappa shape index (κ2) is 9.00. The minimum absolute atomic E-state index is 0.00417. The van der Waals surface area contributed by atoms with Gasteiger partial charge in [-0.15, -0.1) is 0 Å². The number of ether oxygens (including phenoxy) is 1. The number of benzene rings is 3. The molecule has 2 heterocycles. The number of carbonyl (C=O) groups is 2. The molecule has 182 valence electrons. The molecule has 3 aromatic carbocycles. The predicted octanol–water partition coefficient (Wildman–Crippen LogP) is 6.07. The summed E-state index contributed by atoms with van der Waals surface area (Å²) in [6, 6.07) is 17.6. The van der Waals surface area contributed by atoms with Gasteiger partial charge in [-0.05, 0) is 47.9 Å². The molecule has 5 rings (SSSR count). The Balaban J connectivity index is 1.77. The Morgan fingerprint density at radius 3 is 2.47 bits per heavy atom. The van der Waals surface area contributed by atoms with Gasteiger partial charge in [-0.2, -0.15) is 0 Å². The molecule has 1 unspecified atom stereocenters. The Bertz CT molecular complexity index is 1520. The fraction of sp³-hybridized carbons (Fsp3) is 0.172. The summed E-state index contributed by atoms with van der Waals surface area (Å²) in [5.41, 5.74) is 2.91. The van der Waals surface area contributed by atoms with Gasteiger partial charge in [-0.1, -0.05) is 44.2 Å². The van der Waals surface area contributed by atoms with Crippen LogP contribution in [0.4, 0.5) is 10.1 Å². The standard InChI is InChI=1S/C29H25FN2O4/c1-16(2)17-8-11-19(12-9-17)32-26(22-15-31-23-7-5-4-6-20(22)23)25(28(34)29(32)35)27(33)21-14-18(30)10-13-24(21)36-3/h4-16,26,31,33H,1-3H3/b27-25+. The highest BCUT2D eigenvalue weighted by Crippen LogP contribution is 2.45. The van der Waals surface area contributed by atoms with Crippen molar-refractivity contribution in [2.45, 2.75) is 25.8 Å². The Morgan fingerprint density at radius 1 is 1.06 bits per heavy atom. The van der Waals surface area contributed by atoms with Crippen LogP contribution in [0, 0.1) is 5.82 Å². The van der Waals surface area contributed by atoms with Crippen LogP contribution in [-0.4, -0.2) is 28.9 Å². The van der Waals surface area contributed by atoms with Crippen molar-refractivity contribution in [3.63, 3.8) is 0 Å². The van der Waals surface area contributed by atoms with Crippen molar-refractivity contribution < 1.29 is 23.8 Å². The molecular weight excluding hydrogens is 459 g/mol. The predicted molar refractivity (Wildman–Crippen MR) is 137 cm³/mol. The van der Waals surface area contributed by atoms with Crippen LogP contribution < -0.4 is 9.64 Å². The van der Waals surface area contributed by atoms with Crippen LogP contribution in [0.3, 0.4) is 0 Å². The third-order valence-corrected chi connectivity index (χ3v) is 6.61. The first kappa shape index (κ1) is 23.4. The molecule has 1 aromatic heterocycles. The van der Waals surface area contributed by atoms with Crippen LogP contribution in [0.5, 0.6) is 5.75 Å². The number of amides is 1. The summed E-state index contributed by atoms with van der Waals surface area (Å²) in [7, 11) is 1.38. The molecule has 6 nitrogen and oxygen atoms in total. The number of hydrogen-bond acceptors (Lipinski definition) is 4. The number of Topliss-reactive ketones (excluding diaryl/α,β-unsaturated/α-hetero) is 1. The van der Waals surface area contributed by atoms with Gasteiger partial charge in [0.1, 0.15) is 17.3 Å². The molecule has 0 radical (unpaired) electrons. The van der Waals surface area contributed by atoms with Gasteiger partial charge in [-0.3, -0.25) is 14.5 Å². The van der Waals surface area contributed by atoms with E-state index in [0.717, 1.165) is 22.5 Å². The van der Waals surface area contributed by atoms with Gasteiger partial charge in [0.15, 0.2) is 0 Å². The Kier molecular flexibility index (Phi) is 5.84. The highest BCUT2D eigenvalue weighted by atomic mass is 19.1. The lowest BCUT2D eigenvalue weighted by Crippen LogP contribution is -2.29. The highest BCUT2D eigenvalue weighted by Gasteiger charge is 2.48. The third-order valence-electron chi connectivity index (χ3n) is 6.61. The maximum atomic E-state index is 14.2. The fourth-order valence-corrected chi connectivity index (χ4v) is 4.74. The maximum Gasteiger partial charge on any atom is 0.300 e. The van der Waals surface area contributed by atoms with E-state index in [0.29, 0.717) is 17.2 Å². The fourth-order valence-electron chi connectivity index (χ4n) is 4.74. The zero-order chi connectivity index (χ0) is 25.6. The van der Waals surface area contributed by atoms with Crippen LogP contribution in [0.15, 0.2) is 78.5 Å². The van der Waals surface area contributed by atoms with Crippen molar-refractivity contribution in [3.8, 4) is 5.75 Å². The molecule has 7 heteroatoms. The van der Waals surface area contributed by atoms with Crippen molar-refractivity contribution in [2.75, 3.05) is 12.0 Å². The number of para-hydroxylation sites is 1. The number of ketones is 1. The van der Waals surface area contributed by atoms with Crippen molar-refractivity contribution in [2.24, 2.45) is 0 Å². The van der Waals surface area contributed by atoms with Crippen LogP contribution in [0.25, 0.3) is 16.7 Å². The molecule has 0 spiro atoms. The van der Waals surface area contributed by atoms with Crippen molar-refractivity contribution in [3.05, 3.63) is 101 Å². The van der Waals surface area contributed by atoms with Gasteiger partial charge in [0.25, 0.3) is 11.7 Å². The Morgan fingerprint density at radius 2 is 1.78 bits per heavy atom. The number of H-pyrrole nitrogens is 1. The second-order valence-corrected chi connectivity index (χ2v) is 9.05. The monoisotopic (exact) mass is 484 g/mol. The minimum Gasteiger partial charge on any atom is -0.507 e. The van der Waals surface area contributed by atoms with E-state index in [2.05, 4.69) is 18.8 Å². The first-order valence-corrected chi connectivity index (χ1v) is 11.6. The van der Waals surface area contributed by atoms with Gasteiger partial charge < -0.3 is 14.8 Å². The smallest absolute Gasteiger partial charge is 0.300 e. The lowest BCUT2D eigenvalue weighted by atomic mass is 9.94. The number of aromatic amines is 1. The summed E-state index contributed by atoms with van der Waals surface area (Å²) in [4.78, 5) is 31.5. The molecule has 36 heavy (non-hydrogen) atoms. The van der Waals surface area contributed by atoms with E-state index < -0.39 is 29.3 Å². The summed E-state index contributed by atoms with van der Waals surface area (Å²) in [6.07, 6.45) is 1.73. The number of nitrogens with zero attached hydrogens (tertiary/aromatic N) is 1. The van der Waals surface area contributed by atoms with Gasteiger partial charge >= 0.3 is 0 Å². The molecule has 1 fully saturated rings. The number of fused-ring (bicyclic) bond motifs is 1. The summed E-state index contributed by atoms with van der Waals surface area (Å²) in [5.74, 6) is -2.28. The van der Waals surface area contributed by atoms with Gasteiger partial charge in [0, 0.05) is 28.4 Å². The summed E-state index contributed by atoms with van der Waals surface area (Å²) >= 11 is 0. The first-order chi connectivity index (χ1) is 17.3. The Labute approximate surface area is 207 Å². The molecule has 1 aliphatic rings. The van der Waals surface area contributed by atoms with Gasteiger partial charge in [-0.25, -0.2) is 4.39 Å². The van der Waals surface area contributed by atoms with Crippen LogP contribution in [0.2, 0.25) is 0 Å². The number of anilines is 1. The average Bonchev–Trinajstić information content (AvgIpc) is 3.42. The van der Waals surface area contributed by atoms with Crippen molar-refractivity contribution in [1.29, 1.82) is 0 Å². The zero-order valence-electron chi connectivity index (χ0n) is 20.1. The molecule has 0 aliphatic carbocycles. The van der Waals surface area contributed by atoms with E-state index in [-0.39, 0.29) is 16.9 Å². The lowest BCUT2D eigenvalue weighted by molar-refractivity contribution is -0.132. The normalized spacial score (nSPS) is 17.4. The number of aliphatic hydroxyl groups is 1. The summed E-state index contributed by atoms with van der Waals surface area (Å²) in [6.45, 7) is 4.14. The molecule has 1 saturated heterocycles. The number of halogens is 1.